The Morgan fingerprint density at radius 3 is 2.81 bits per heavy atom. The Morgan fingerprint density at radius 2 is 2.10 bits per heavy atom. The van der Waals surface area contributed by atoms with Crippen LogP contribution in [0.2, 0.25) is 0 Å². The largest absolute Gasteiger partial charge is 0.475 e. The van der Waals surface area contributed by atoms with Crippen molar-refractivity contribution >= 4 is 26.7 Å². The molecule has 1 aromatic rings. The van der Waals surface area contributed by atoms with Crippen molar-refractivity contribution in [2.24, 2.45) is 9.98 Å². The van der Waals surface area contributed by atoms with E-state index in [2.05, 4.69) is 15.3 Å². The summed E-state index contributed by atoms with van der Waals surface area (Å²) in [5, 5.41) is 9.78. The van der Waals surface area contributed by atoms with Gasteiger partial charge in [0.1, 0.15) is 0 Å². The molecule has 3 rings (SSSR count). The molecule has 168 valence electrons. The molecular formula is C21H28N4O5S. The van der Waals surface area contributed by atoms with Gasteiger partial charge in [-0.1, -0.05) is 30.3 Å². The average molecular weight is 449 g/mol. The maximum atomic E-state index is 11.5. The van der Waals surface area contributed by atoms with Crippen LogP contribution in [-0.4, -0.2) is 63.0 Å². The SMILES string of the molecule is CCOC(=NC(=N)S(C)(=O)=O)C1=NC(C2CCC(COCc3ccccc3)O2)C=CN1. The third-order valence-electron chi connectivity index (χ3n) is 4.77. The standard InChI is InChI=1S/C21H28N4O5S/c1-3-29-20(25-21(22)31(2,26)27)19-23-12-11-17(24-19)18-10-9-16(30-18)14-28-13-15-7-5-4-6-8-15/h4-8,11-12,16-18,22H,3,9-10,13-14H2,1-2H3,(H,23,24). The zero-order chi connectivity index (χ0) is 22.3. The van der Waals surface area contributed by atoms with Crippen molar-refractivity contribution in [1.29, 1.82) is 5.41 Å². The van der Waals surface area contributed by atoms with Crippen molar-refractivity contribution < 1.29 is 22.6 Å². The summed E-state index contributed by atoms with van der Waals surface area (Å²) in [6, 6.07) is 9.72. The van der Waals surface area contributed by atoms with E-state index < -0.39 is 15.0 Å². The molecule has 1 fully saturated rings. The number of amidine groups is 2. The van der Waals surface area contributed by atoms with Crippen LogP contribution in [0, 0.1) is 5.41 Å². The smallest absolute Gasteiger partial charge is 0.260 e. The molecule has 9 nitrogen and oxygen atoms in total. The quantitative estimate of drug-likeness (QED) is 0.486. The van der Waals surface area contributed by atoms with E-state index >= 15 is 0 Å². The molecule has 31 heavy (non-hydrogen) atoms. The summed E-state index contributed by atoms with van der Waals surface area (Å²) >= 11 is 0. The number of hydrogen-bond acceptors (Lipinski definition) is 8. The van der Waals surface area contributed by atoms with Gasteiger partial charge in [0.2, 0.25) is 15.0 Å². The number of ether oxygens (including phenoxy) is 3. The predicted molar refractivity (Wildman–Crippen MR) is 119 cm³/mol. The van der Waals surface area contributed by atoms with E-state index in [1.165, 1.54) is 0 Å². The second-order valence-electron chi connectivity index (χ2n) is 7.27. The highest BCUT2D eigenvalue weighted by Gasteiger charge is 2.32. The third-order valence-corrected chi connectivity index (χ3v) is 5.56. The molecule has 0 saturated carbocycles. The van der Waals surface area contributed by atoms with Gasteiger partial charge < -0.3 is 19.5 Å². The monoisotopic (exact) mass is 448 g/mol. The minimum absolute atomic E-state index is 0.00547. The summed E-state index contributed by atoms with van der Waals surface area (Å²) < 4.78 is 40.5. The molecule has 0 radical (unpaired) electrons. The molecule has 0 bridgehead atoms. The van der Waals surface area contributed by atoms with E-state index in [1.54, 1.807) is 13.1 Å². The number of nitrogens with zero attached hydrogens (tertiary/aromatic N) is 2. The highest BCUT2D eigenvalue weighted by molar-refractivity contribution is 8.05. The van der Waals surface area contributed by atoms with Gasteiger partial charge in [0.05, 0.1) is 38.1 Å². The summed E-state index contributed by atoms with van der Waals surface area (Å²) in [4.78, 5) is 8.39. The second kappa shape index (κ2) is 10.7. The van der Waals surface area contributed by atoms with Crippen molar-refractivity contribution in [2.75, 3.05) is 19.5 Å². The molecule has 0 spiro atoms. The molecule has 3 atom stereocenters. The summed E-state index contributed by atoms with van der Waals surface area (Å²) in [6.45, 7) is 3.05. The Kier molecular flexibility index (Phi) is 7.94. The molecule has 2 aliphatic rings. The molecule has 0 amide bonds. The Balaban J connectivity index is 1.59. The fraction of sp³-hybridized carbons (Fsp3) is 0.476. The van der Waals surface area contributed by atoms with E-state index in [4.69, 9.17) is 19.6 Å². The first-order valence-electron chi connectivity index (χ1n) is 10.2. The first-order valence-corrected chi connectivity index (χ1v) is 12.0. The van der Waals surface area contributed by atoms with Crippen molar-refractivity contribution in [2.45, 2.75) is 44.6 Å². The van der Waals surface area contributed by atoms with Crippen LogP contribution in [-0.2, 0) is 30.7 Å². The number of sulfone groups is 1. The highest BCUT2D eigenvalue weighted by Crippen LogP contribution is 2.26. The zero-order valence-corrected chi connectivity index (χ0v) is 18.5. The average Bonchev–Trinajstić information content (AvgIpc) is 3.22. The molecule has 1 aromatic carbocycles. The van der Waals surface area contributed by atoms with E-state index in [0.717, 1.165) is 24.7 Å². The van der Waals surface area contributed by atoms with Crippen molar-refractivity contribution in [1.82, 2.24) is 5.32 Å². The Hall–Kier alpha value is -2.56. The van der Waals surface area contributed by atoms with Crippen LogP contribution in [0.4, 0.5) is 0 Å². The third kappa shape index (κ3) is 6.71. The normalized spacial score (nSPS) is 23.9. The van der Waals surface area contributed by atoms with E-state index in [1.807, 2.05) is 36.4 Å². The van der Waals surface area contributed by atoms with Crippen LogP contribution in [0.15, 0.2) is 52.6 Å². The molecule has 0 aliphatic carbocycles. The minimum Gasteiger partial charge on any atom is -0.475 e. The lowest BCUT2D eigenvalue weighted by atomic mass is 10.1. The first kappa shape index (κ1) is 23.1. The molecule has 2 aliphatic heterocycles. The van der Waals surface area contributed by atoms with Crippen molar-refractivity contribution in [3.63, 3.8) is 0 Å². The fourth-order valence-corrected chi connectivity index (χ4v) is 3.48. The molecule has 2 heterocycles. The van der Waals surface area contributed by atoms with Gasteiger partial charge in [-0.2, -0.15) is 4.99 Å². The second-order valence-corrected chi connectivity index (χ2v) is 9.20. The molecular weight excluding hydrogens is 420 g/mol. The van der Waals surface area contributed by atoms with Crippen LogP contribution < -0.4 is 5.32 Å². The Labute approximate surface area is 182 Å². The highest BCUT2D eigenvalue weighted by atomic mass is 32.2. The Bertz CT molecular complexity index is 959. The molecule has 10 heteroatoms. The number of rotatable bonds is 7. The number of benzene rings is 1. The maximum Gasteiger partial charge on any atom is 0.260 e. The predicted octanol–water partition coefficient (Wildman–Crippen LogP) is 2.05. The van der Waals surface area contributed by atoms with E-state index in [-0.39, 0.29) is 36.6 Å². The summed E-state index contributed by atoms with van der Waals surface area (Å²) in [5.41, 5.74) is 1.12. The van der Waals surface area contributed by atoms with Crippen LogP contribution in [0.5, 0.6) is 0 Å². The van der Waals surface area contributed by atoms with Crippen LogP contribution in [0.25, 0.3) is 0 Å². The maximum absolute atomic E-state index is 11.5. The zero-order valence-electron chi connectivity index (χ0n) is 17.7. The van der Waals surface area contributed by atoms with Gasteiger partial charge in [-0.15, -0.1) is 0 Å². The Morgan fingerprint density at radius 1 is 1.32 bits per heavy atom. The van der Waals surface area contributed by atoms with Gasteiger partial charge in [-0.05, 0) is 31.4 Å². The molecule has 0 aromatic heterocycles. The van der Waals surface area contributed by atoms with Gasteiger partial charge in [0.15, 0.2) is 5.84 Å². The lowest BCUT2D eigenvalue weighted by Crippen LogP contribution is -2.38. The van der Waals surface area contributed by atoms with Gasteiger partial charge in [-0.3, -0.25) is 10.4 Å². The van der Waals surface area contributed by atoms with Crippen LogP contribution >= 0.6 is 0 Å². The van der Waals surface area contributed by atoms with Gasteiger partial charge in [0.25, 0.3) is 5.90 Å². The topological polar surface area (TPSA) is 122 Å². The lowest BCUT2D eigenvalue weighted by Gasteiger charge is -2.22. The van der Waals surface area contributed by atoms with Gasteiger partial charge in [0, 0.05) is 12.5 Å². The summed E-state index contributed by atoms with van der Waals surface area (Å²) in [6.07, 6.45) is 6.07. The van der Waals surface area contributed by atoms with Crippen molar-refractivity contribution in [3.05, 3.63) is 48.2 Å². The fourth-order valence-electron chi connectivity index (χ4n) is 3.23. The number of hydrogen-bond donors (Lipinski definition) is 2. The molecule has 2 N–H and O–H groups in total. The number of nitrogens with one attached hydrogen (secondary N) is 2. The van der Waals surface area contributed by atoms with Gasteiger partial charge in [-0.25, -0.2) is 8.42 Å². The molecule has 3 unspecified atom stereocenters. The van der Waals surface area contributed by atoms with Gasteiger partial charge >= 0.3 is 0 Å². The first-order chi connectivity index (χ1) is 14.9. The minimum atomic E-state index is -3.74. The number of aliphatic imine (C=N–C) groups is 2. The van der Waals surface area contributed by atoms with Crippen molar-refractivity contribution in [3.8, 4) is 0 Å². The van der Waals surface area contributed by atoms with E-state index in [9.17, 15) is 8.42 Å². The lowest BCUT2D eigenvalue weighted by molar-refractivity contribution is -0.0225. The van der Waals surface area contributed by atoms with E-state index in [0.29, 0.717) is 13.2 Å². The summed E-state index contributed by atoms with van der Waals surface area (Å²) in [5.74, 6) is 0.239. The van der Waals surface area contributed by atoms with Crippen LogP contribution in [0.3, 0.4) is 0 Å². The molecule has 1 saturated heterocycles. The van der Waals surface area contributed by atoms with Crippen LogP contribution in [0.1, 0.15) is 25.3 Å². The summed E-state index contributed by atoms with van der Waals surface area (Å²) in [7, 11) is -3.74.